The number of hydrogen-bond donors (Lipinski definition) is 0. The number of carbonyl (C=O) groups excluding carboxylic acids is 2. The lowest BCUT2D eigenvalue weighted by molar-refractivity contribution is -0.140. The maximum atomic E-state index is 13.6. The molecule has 2 aromatic rings. The molecule has 0 aliphatic carbocycles. The number of esters is 1. The van der Waals surface area contributed by atoms with Crippen LogP contribution in [-0.4, -0.2) is 29.4 Å². The first-order chi connectivity index (χ1) is 12.0. The number of fused-ring (bicyclic) bond motifs is 1. The standard InChI is InChI=1S/C20H20FNO3/c1-13-7-8-16(11-18(13)21)20(24)25-14(2)19(23)22-10-9-15-5-3-4-6-17(15)12-22/h3-8,11,14H,9-10,12H2,1-2H3/t14-/m0/s1. The number of ether oxygens (including phenoxy) is 1. The Bertz CT molecular complexity index is 818. The van der Waals surface area contributed by atoms with Gasteiger partial charge in [-0.3, -0.25) is 4.79 Å². The largest absolute Gasteiger partial charge is 0.449 e. The molecule has 0 fully saturated rings. The van der Waals surface area contributed by atoms with Gasteiger partial charge in [0.25, 0.3) is 5.91 Å². The molecule has 5 heteroatoms. The maximum Gasteiger partial charge on any atom is 0.339 e. The van der Waals surface area contributed by atoms with E-state index in [1.165, 1.54) is 17.7 Å². The normalized spacial score (nSPS) is 14.6. The number of carbonyl (C=O) groups is 2. The molecule has 0 aromatic heterocycles. The number of nitrogens with zero attached hydrogens (tertiary/aromatic N) is 1. The third-order valence-corrected chi connectivity index (χ3v) is 4.48. The fourth-order valence-electron chi connectivity index (χ4n) is 2.94. The van der Waals surface area contributed by atoms with Gasteiger partial charge in [-0.05, 0) is 49.1 Å². The number of aryl methyl sites for hydroxylation is 1. The molecule has 1 heterocycles. The van der Waals surface area contributed by atoms with E-state index in [1.54, 1.807) is 18.7 Å². The third kappa shape index (κ3) is 3.71. The number of benzene rings is 2. The molecule has 0 N–H and O–H groups in total. The zero-order valence-electron chi connectivity index (χ0n) is 14.3. The van der Waals surface area contributed by atoms with E-state index in [1.807, 2.05) is 18.2 Å². The lowest BCUT2D eigenvalue weighted by Crippen LogP contribution is -2.42. The minimum absolute atomic E-state index is 0.103. The number of halogens is 1. The first kappa shape index (κ1) is 17.1. The Labute approximate surface area is 146 Å². The monoisotopic (exact) mass is 341 g/mol. The van der Waals surface area contributed by atoms with Crippen LogP contribution < -0.4 is 0 Å². The van der Waals surface area contributed by atoms with Gasteiger partial charge in [0.1, 0.15) is 5.82 Å². The molecule has 130 valence electrons. The molecule has 0 saturated carbocycles. The Kier molecular flexibility index (Phi) is 4.83. The highest BCUT2D eigenvalue weighted by molar-refractivity contribution is 5.92. The highest BCUT2D eigenvalue weighted by Crippen LogP contribution is 2.20. The van der Waals surface area contributed by atoms with Gasteiger partial charge in [-0.2, -0.15) is 0 Å². The highest BCUT2D eigenvalue weighted by Gasteiger charge is 2.27. The average molecular weight is 341 g/mol. The quantitative estimate of drug-likeness (QED) is 0.805. The third-order valence-electron chi connectivity index (χ3n) is 4.48. The van der Waals surface area contributed by atoms with Crippen molar-refractivity contribution in [3.05, 3.63) is 70.5 Å². The predicted octanol–water partition coefficient (Wildman–Crippen LogP) is 3.26. The van der Waals surface area contributed by atoms with E-state index in [0.29, 0.717) is 18.7 Å². The van der Waals surface area contributed by atoms with Crippen molar-refractivity contribution in [2.45, 2.75) is 32.9 Å². The number of amides is 1. The predicted molar refractivity (Wildman–Crippen MR) is 91.6 cm³/mol. The van der Waals surface area contributed by atoms with Crippen LogP contribution in [0.15, 0.2) is 42.5 Å². The molecule has 1 aliphatic heterocycles. The van der Waals surface area contributed by atoms with Gasteiger partial charge >= 0.3 is 5.97 Å². The van der Waals surface area contributed by atoms with Gasteiger partial charge in [0.2, 0.25) is 0 Å². The van der Waals surface area contributed by atoms with Gasteiger partial charge in [-0.25, -0.2) is 9.18 Å². The van der Waals surface area contributed by atoms with Crippen molar-refractivity contribution in [3.63, 3.8) is 0 Å². The van der Waals surface area contributed by atoms with Crippen molar-refractivity contribution in [1.82, 2.24) is 4.90 Å². The lowest BCUT2D eigenvalue weighted by Gasteiger charge is -2.30. The van der Waals surface area contributed by atoms with Crippen molar-refractivity contribution in [2.24, 2.45) is 0 Å². The molecule has 1 atom stereocenters. The SMILES string of the molecule is Cc1ccc(C(=O)O[C@@H](C)C(=O)N2CCc3ccccc3C2)cc1F. The van der Waals surface area contributed by atoms with Gasteiger partial charge in [0.15, 0.2) is 6.10 Å². The zero-order chi connectivity index (χ0) is 18.0. The molecule has 2 aromatic carbocycles. The average Bonchev–Trinajstić information content (AvgIpc) is 2.62. The van der Waals surface area contributed by atoms with Crippen molar-refractivity contribution in [3.8, 4) is 0 Å². The van der Waals surface area contributed by atoms with Crippen LogP contribution in [0, 0.1) is 12.7 Å². The molecule has 1 amide bonds. The molecule has 0 saturated heterocycles. The van der Waals surface area contributed by atoms with Gasteiger partial charge in [-0.1, -0.05) is 30.3 Å². The van der Waals surface area contributed by atoms with E-state index in [4.69, 9.17) is 4.74 Å². The molecule has 25 heavy (non-hydrogen) atoms. The van der Waals surface area contributed by atoms with Crippen LogP contribution in [0.4, 0.5) is 4.39 Å². The summed E-state index contributed by atoms with van der Waals surface area (Å²) < 4.78 is 18.8. The maximum absolute atomic E-state index is 13.6. The Morgan fingerprint density at radius 3 is 2.60 bits per heavy atom. The highest BCUT2D eigenvalue weighted by atomic mass is 19.1. The van der Waals surface area contributed by atoms with E-state index in [9.17, 15) is 14.0 Å². The molecular weight excluding hydrogens is 321 g/mol. The van der Waals surface area contributed by atoms with Crippen molar-refractivity contribution >= 4 is 11.9 Å². The Hall–Kier alpha value is -2.69. The fourth-order valence-corrected chi connectivity index (χ4v) is 2.94. The molecule has 1 aliphatic rings. The second kappa shape index (κ2) is 7.05. The van der Waals surface area contributed by atoms with Crippen LogP contribution in [0.5, 0.6) is 0 Å². The first-order valence-electron chi connectivity index (χ1n) is 8.28. The minimum Gasteiger partial charge on any atom is -0.449 e. The summed E-state index contributed by atoms with van der Waals surface area (Å²) in [5.74, 6) is -1.41. The minimum atomic E-state index is -0.915. The van der Waals surface area contributed by atoms with E-state index in [2.05, 4.69) is 6.07 Å². The summed E-state index contributed by atoms with van der Waals surface area (Å²) in [5.41, 5.74) is 2.91. The molecule has 0 bridgehead atoms. The van der Waals surface area contributed by atoms with Crippen LogP contribution in [0.25, 0.3) is 0 Å². The topological polar surface area (TPSA) is 46.6 Å². The van der Waals surface area contributed by atoms with Crippen molar-refractivity contribution < 1.29 is 18.7 Å². The molecule has 3 rings (SSSR count). The van der Waals surface area contributed by atoms with Crippen LogP contribution in [-0.2, 0) is 22.5 Å². The van der Waals surface area contributed by atoms with E-state index >= 15 is 0 Å². The molecule has 0 radical (unpaired) electrons. The Morgan fingerprint density at radius 1 is 1.16 bits per heavy atom. The van der Waals surface area contributed by atoms with Gasteiger partial charge < -0.3 is 9.64 Å². The first-order valence-corrected chi connectivity index (χ1v) is 8.28. The summed E-state index contributed by atoms with van der Waals surface area (Å²) >= 11 is 0. The van der Waals surface area contributed by atoms with Crippen LogP contribution >= 0.6 is 0 Å². The second-order valence-corrected chi connectivity index (χ2v) is 6.29. The Morgan fingerprint density at radius 2 is 1.88 bits per heavy atom. The van der Waals surface area contributed by atoms with Crippen LogP contribution in [0.3, 0.4) is 0 Å². The lowest BCUT2D eigenvalue weighted by atomic mass is 9.99. The van der Waals surface area contributed by atoms with Gasteiger partial charge in [0, 0.05) is 13.1 Å². The molecule has 0 spiro atoms. The van der Waals surface area contributed by atoms with E-state index < -0.39 is 17.9 Å². The molecule has 0 unspecified atom stereocenters. The summed E-state index contributed by atoms with van der Waals surface area (Å²) in [6, 6.07) is 12.1. The molecule has 4 nitrogen and oxygen atoms in total. The molecular formula is C20H20FNO3. The van der Waals surface area contributed by atoms with E-state index in [-0.39, 0.29) is 11.5 Å². The fraction of sp³-hybridized carbons (Fsp3) is 0.300. The summed E-state index contributed by atoms with van der Waals surface area (Å²) in [7, 11) is 0. The summed E-state index contributed by atoms with van der Waals surface area (Å²) in [5, 5.41) is 0. The smallest absolute Gasteiger partial charge is 0.339 e. The van der Waals surface area contributed by atoms with Crippen molar-refractivity contribution in [2.75, 3.05) is 6.54 Å². The summed E-state index contributed by atoms with van der Waals surface area (Å²) in [6.45, 7) is 4.27. The van der Waals surface area contributed by atoms with E-state index in [0.717, 1.165) is 18.1 Å². The van der Waals surface area contributed by atoms with Crippen molar-refractivity contribution in [1.29, 1.82) is 0 Å². The number of rotatable bonds is 3. The summed E-state index contributed by atoms with van der Waals surface area (Å²) in [4.78, 5) is 26.4. The van der Waals surface area contributed by atoms with Crippen LogP contribution in [0.2, 0.25) is 0 Å². The van der Waals surface area contributed by atoms with Crippen LogP contribution in [0.1, 0.15) is 34.0 Å². The van der Waals surface area contributed by atoms with Gasteiger partial charge in [-0.15, -0.1) is 0 Å². The number of hydrogen-bond acceptors (Lipinski definition) is 3. The summed E-state index contributed by atoms with van der Waals surface area (Å²) in [6.07, 6.45) is -0.131. The second-order valence-electron chi connectivity index (χ2n) is 6.29. The Balaban J connectivity index is 1.65. The van der Waals surface area contributed by atoms with Gasteiger partial charge in [0.05, 0.1) is 5.56 Å². The zero-order valence-corrected chi connectivity index (χ0v) is 14.3.